The van der Waals surface area contributed by atoms with Crippen LogP contribution in [-0.4, -0.2) is 22.7 Å². The predicted octanol–water partition coefficient (Wildman–Crippen LogP) is 3.00. The number of hydrogen-bond acceptors (Lipinski definition) is 3. The van der Waals surface area contributed by atoms with E-state index in [1.807, 2.05) is 42.1 Å². The number of aliphatic hydroxyl groups is 1. The third-order valence-corrected chi connectivity index (χ3v) is 4.99. The van der Waals surface area contributed by atoms with Gasteiger partial charge in [0.2, 0.25) is 0 Å². The highest BCUT2D eigenvalue weighted by Crippen LogP contribution is 2.28. The first-order valence-electron chi connectivity index (χ1n) is 6.59. The summed E-state index contributed by atoms with van der Waals surface area (Å²) >= 11 is 1.91. The van der Waals surface area contributed by atoms with Gasteiger partial charge in [-0.3, -0.25) is 0 Å². The highest BCUT2D eigenvalue weighted by atomic mass is 32.2. The lowest BCUT2D eigenvalue weighted by Crippen LogP contribution is -2.35. The predicted molar refractivity (Wildman–Crippen MR) is 80.8 cm³/mol. The molecule has 2 atom stereocenters. The summed E-state index contributed by atoms with van der Waals surface area (Å²) in [5.74, 6) is 1.60. The Kier molecular flexibility index (Phi) is 6.19. The van der Waals surface area contributed by atoms with E-state index in [-0.39, 0.29) is 6.54 Å². The molecule has 1 aromatic rings. The average Bonchev–Trinajstić information content (AvgIpc) is 2.39. The van der Waals surface area contributed by atoms with Crippen LogP contribution < -0.4 is 5.73 Å². The molecule has 2 unspecified atom stereocenters. The van der Waals surface area contributed by atoms with Gasteiger partial charge >= 0.3 is 0 Å². The SMILES string of the molecule is CC(C)C(C)SCCC(O)(CN)c1ccccc1. The molecule has 0 aliphatic heterocycles. The van der Waals surface area contributed by atoms with Crippen LogP contribution in [0.3, 0.4) is 0 Å². The molecule has 2 nitrogen and oxygen atoms in total. The first-order valence-corrected chi connectivity index (χ1v) is 7.64. The van der Waals surface area contributed by atoms with Gasteiger partial charge in [0.05, 0.1) is 0 Å². The van der Waals surface area contributed by atoms with E-state index in [4.69, 9.17) is 5.73 Å². The lowest BCUT2D eigenvalue weighted by Gasteiger charge is -2.28. The molecule has 0 spiro atoms. The Labute approximate surface area is 115 Å². The number of rotatable bonds is 7. The quantitative estimate of drug-likeness (QED) is 0.798. The monoisotopic (exact) mass is 267 g/mol. The van der Waals surface area contributed by atoms with Gasteiger partial charge in [0.15, 0.2) is 0 Å². The van der Waals surface area contributed by atoms with Crippen LogP contribution in [0.25, 0.3) is 0 Å². The molecule has 102 valence electrons. The Morgan fingerprint density at radius 3 is 2.33 bits per heavy atom. The van der Waals surface area contributed by atoms with E-state index < -0.39 is 5.60 Å². The molecule has 0 fully saturated rings. The van der Waals surface area contributed by atoms with Crippen molar-refractivity contribution in [3.63, 3.8) is 0 Å². The Bertz CT molecular complexity index is 342. The zero-order chi connectivity index (χ0) is 13.6. The lowest BCUT2D eigenvalue weighted by atomic mass is 9.91. The molecule has 3 heteroatoms. The highest BCUT2D eigenvalue weighted by Gasteiger charge is 2.27. The van der Waals surface area contributed by atoms with Gasteiger partial charge in [0.1, 0.15) is 5.60 Å². The fourth-order valence-corrected chi connectivity index (χ4v) is 2.93. The molecule has 18 heavy (non-hydrogen) atoms. The lowest BCUT2D eigenvalue weighted by molar-refractivity contribution is 0.0431. The van der Waals surface area contributed by atoms with Crippen molar-refractivity contribution in [2.45, 2.75) is 38.0 Å². The molecule has 0 aromatic heterocycles. The van der Waals surface area contributed by atoms with Crippen molar-refractivity contribution in [1.82, 2.24) is 0 Å². The van der Waals surface area contributed by atoms with Crippen LogP contribution in [-0.2, 0) is 5.60 Å². The third-order valence-electron chi connectivity index (χ3n) is 3.48. The molecule has 0 saturated carbocycles. The minimum Gasteiger partial charge on any atom is -0.384 e. The van der Waals surface area contributed by atoms with Crippen molar-refractivity contribution in [2.75, 3.05) is 12.3 Å². The largest absolute Gasteiger partial charge is 0.384 e. The first-order chi connectivity index (χ1) is 8.49. The van der Waals surface area contributed by atoms with E-state index in [0.29, 0.717) is 17.6 Å². The van der Waals surface area contributed by atoms with Crippen LogP contribution in [0.4, 0.5) is 0 Å². The smallest absolute Gasteiger partial charge is 0.103 e. The van der Waals surface area contributed by atoms with E-state index in [9.17, 15) is 5.11 Å². The van der Waals surface area contributed by atoms with Gasteiger partial charge in [-0.2, -0.15) is 11.8 Å². The van der Waals surface area contributed by atoms with Gasteiger partial charge in [0.25, 0.3) is 0 Å². The van der Waals surface area contributed by atoms with Crippen molar-refractivity contribution in [3.05, 3.63) is 35.9 Å². The summed E-state index contributed by atoms with van der Waals surface area (Å²) < 4.78 is 0. The van der Waals surface area contributed by atoms with Crippen molar-refractivity contribution in [3.8, 4) is 0 Å². The maximum atomic E-state index is 10.6. The Morgan fingerprint density at radius 2 is 1.83 bits per heavy atom. The maximum Gasteiger partial charge on any atom is 0.103 e. The fourth-order valence-electron chi connectivity index (χ4n) is 1.72. The third kappa shape index (κ3) is 4.30. The minimum absolute atomic E-state index is 0.271. The Morgan fingerprint density at radius 1 is 1.22 bits per heavy atom. The first kappa shape index (κ1) is 15.5. The van der Waals surface area contributed by atoms with E-state index in [1.165, 1.54) is 0 Å². The molecule has 3 N–H and O–H groups in total. The summed E-state index contributed by atoms with van der Waals surface area (Å²) in [6.45, 7) is 6.96. The van der Waals surface area contributed by atoms with E-state index in [0.717, 1.165) is 11.3 Å². The van der Waals surface area contributed by atoms with Crippen LogP contribution >= 0.6 is 11.8 Å². The standard InChI is InChI=1S/C15H25NOS/c1-12(2)13(3)18-10-9-15(17,11-16)14-7-5-4-6-8-14/h4-8,12-13,17H,9-11,16H2,1-3H3. The van der Waals surface area contributed by atoms with Crippen LogP contribution in [0.1, 0.15) is 32.8 Å². The zero-order valence-electron chi connectivity index (χ0n) is 11.6. The summed E-state index contributed by atoms with van der Waals surface area (Å²) in [5.41, 5.74) is 5.79. The van der Waals surface area contributed by atoms with Crippen LogP contribution in [0.5, 0.6) is 0 Å². The van der Waals surface area contributed by atoms with Gasteiger partial charge in [-0.15, -0.1) is 0 Å². The van der Waals surface area contributed by atoms with Crippen molar-refractivity contribution >= 4 is 11.8 Å². The van der Waals surface area contributed by atoms with Gasteiger partial charge in [-0.25, -0.2) is 0 Å². The Balaban J connectivity index is 2.56. The molecule has 0 amide bonds. The molecule has 1 rings (SSSR count). The number of benzene rings is 1. The normalized spacial score (nSPS) is 16.6. The number of hydrogen-bond donors (Lipinski definition) is 2. The maximum absolute atomic E-state index is 10.6. The molecular formula is C15H25NOS. The number of nitrogens with two attached hydrogens (primary N) is 1. The average molecular weight is 267 g/mol. The topological polar surface area (TPSA) is 46.2 Å². The summed E-state index contributed by atoms with van der Waals surface area (Å²) in [4.78, 5) is 0. The van der Waals surface area contributed by atoms with Crippen molar-refractivity contribution in [2.24, 2.45) is 11.7 Å². The second-order valence-electron chi connectivity index (χ2n) is 5.17. The summed E-state index contributed by atoms with van der Waals surface area (Å²) in [7, 11) is 0. The van der Waals surface area contributed by atoms with Crippen LogP contribution in [0.15, 0.2) is 30.3 Å². The fraction of sp³-hybridized carbons (Fsp3) is 0.600. The molecule has 0 aliphatic carbocycles. The second-order valence-corrected chi connectivity index (χ2v) is 6.66. The van der Waals surface area contributed by atoms with Crippen LogP contribution in [0, 0.1) is 5.92 Å². The highest BCUT2D eigenvalue weighted by molar-refractivity contribution is 7.99. The molecule has 1 aromatic carbocycles. The molecular weight excluding hydrogens is 242 g/mol. The summed E-state index contributed by atoms with van der Waals surface area (Å²) in [6, 6.07) is 9.74. The van der Waals surface area contributed by atoms with Crippen molar-refractivity contribution in [1.29, 1.82) is 0 Å². The minimum atomic E-state index is -0.884. The van der Waals surface area contributed by atoms with Gasteiger partial charge < -0.3 is 10.8 Å². The van der Waals surface area contributed by atoms with E-state index in [2.05, 4.69) is 20.8 Å². The molecule has 0 saturated heterocycles. The summed E-state index contributed by atoms with van der Waals surface area (Å²) in [5, 5.41) is 11.2. The van der Waals surface area contributed by atoms with E-state index >= 15 is 0 Å². The van der Waals surface area contributed by atoms with E-state index in [1.54, 1.807) is 0 Å². The van der Waals surface area contributed by atoms with Gasteiger partial charge in [-0.1, -0.05) is 51.1 Å². The molecule has 0 aliphatic rings. The van der Waals surface area contributed by atoms with Crippen LogP contribution in [0.2, 0.25) is 0 Å². The molecule has 0 bridgehead atoms. The molecule has 0 heterocycles. The second kappa shape index (κ2) is 7.17. The number of thioether (sulfide) groups is 1. The van der Waals surface area contributed by atoms with Gasteiger partial charge in [-0.05, 0) is 23.7 Å². The van der Waals surface area contributed by atoms with Crippen molar-refractivity contribution < 1.29 is 5.11 Å². The zero-order valence-corrected chi connectivity index (χ0v) is 12.4. The summed E-state index contributed by atoms with van der Waals surface area (Å²) in [6.07, 6.45) is 0.704. The molecule has 0 radical (unpaired) electrons. The van der Waals surface area contributed by atoms with Gasteiger partial charge in [0, 0.05) is 11.8 Å². The Hall–Kier alpha value is -0.510.